The van der Waals surface area contributed by atoms with Crippen LogP contribution in [0.4, 0.5) is 14.9 Å². The predicted molar refractivity (Wildman–Crippen MR) is 105 cm³/mol. The number of benzene rings is 1. The molecular formula is C18H25FN4O4S. The first-order valence-electron chi connectivity index (χ1n) is 8.71. The summed E-state index contributed by atoms with van der Waals surface area (Å²) in [7, 11) is -2.91. The molecule has 2 unspecified atom stereocenters. The van der Waals surface area contributed by atoms with E-state index in [2.05, 4.69) is 9.68 Å². The van der Waals surface area contributed by atoms with Crippen molar-refractivity contribution in [2.24, 2.45) is 15.5 Å². The Labute approximate surface area is 163 Å². The molecule has 4 amide bonds. The molecule has 2 rings (SSSR count). The second-order valence-corrected chi connectivity index (χ2v) is 10.4. The van der Waals surface area contributed by atoms with Crippen molar-refractivity contribution in [1.82, 2.24) is 5.32 Å². The summed E-state index contributed by atoms with van der Waals surface area (Å²) in [6.07, 6.45) is 1.37. The highest BCUT2D eigenvalue weighted by atomic mass is 32.2. The van der Waals surface area contributed by atoms with Crippen LogP contribution < -0.4 is 16.0 Å². The highest BCUT2D eigenvalue weighted by Crippen LogP contribution is 2.24. The van der Waals surface area contributed by atoms with Crippen LogP contribution in [0.25, 0.3) is 0 Å². The lowest BCUT2D eigenvalue weighted by Gasteiger charge is -2.27. The van der Waals surface area contributed by atoms with Crippen molar-refractivity contribution in [3.63, 3.8) is 0 Å². The first-order chi connectivity index (χ1) is 12.8. The minimum atomic E-state index is -2.91. The van der Waals surface area contributed by atoms with E-state index in [4.69, 9.17) is 5.73 Å². The van der Waals surface area contributed by atoms with Crippen LogP contribution in [0.3, 0.4) is 0 Å². The third kappa shape index (κ3) is 5.35. The van der Waals surface area contributed by atoms with Crippen molar-refractivity contribution in [1.29, 1.82) is 0 Å². The molecule has 1 aliphatic heterocycles. The van der Waals surface area contributed by atoms with Crippen LogP contribution in [0.2, 0.25) is 0 Å². The number of imide groups is 1. The lowest BCUT2D eigenvalue weighted by molar-refractivity contribution is -0.120. The third-order valence-electron chi connectivity index (χ3n) is 4.42. The Kier molecular flexibility index (Phi) is 6.24. The quantitative estimate of drug-likeness (QED) is 0.782. The maximum Gasteiger partial charge on any atom is 0.328 e. The van der Waals surface area contributed by atoms with Crippen LogP contribution in [-0.4, -0.2) is 46.6 Å². The van der Waals surface area contributed by atoms with Crippen molar-refractivity contribution < 1.29 is 23.0 Å². The van der Waals surface area contributed by atoms with Crippen LogP contribution in [0.15, 0.2) is 22.6 Å². The molecule has 3 N–H and O–H groups in total. The minimum absolute atomic E-state index is 0.0126. The van der Waals surface area contributed by atoms with E-state index < -0.39 is 39.4 Å². The van der Waals surface area contributed by atoms with E-state index in [1.54, 1.807) is 0 Å². The predicted octanol–water partition coefficient (Wildman–Crippen LogP) is 1.88. The number of carbonyl (C=O) groups excluding carboxylic acids is 3. The number of hydrogen-bond donors (Lipinski definition) is 2. The number of urea groups is 1. The summed E-state index contributed by atoms with van der Waals surface area (Å²) in [5, 5.41) is 2.09. The average molecular weight is 412 g/mol. The largest absolute Gasteiger partial charge is 0.328 e. The fourth-order valence-electron chi connectivity index (χ4n) is 2.50. The van der Waals surface area contributed by atoms with E-state index in [1.807, 2.05) is 20.8 Å². The Morgan fingerprint density at radius 2 is 2.04 bits per heavy atom. The van der Waals surface area contributed by atoms with Crippen LogP contribution in [-0.2, 0) is 14.5 Å². The summed E-state index contributed by atoms with van der Waals surface area (Å²) >= 11 is 0. The van der Waals surface area contributed by atoms with Crippen LogP contribution in [0.1, 0.15) is 37.6 Å². The Morgan fingerprint density at radius 1 is 1.39 bits per heavy atom. The average Bonchev–Trinajstić information content (AvgIpc) is 2.54. The molecule has 1 fully saturated rings. The molecule has 0 aliphatic carbocycles. The van der Waals surface area contributed by atoms with E-state index in [9.17, 15) is 23.0 Å². The molecule has 10 heteroatoms. The van der Waals surface area contributed by atoms with Crippen LogP contribution >= 0.6 is 0 Å². The smallest absolute Gasteiger partial charge is 0.326 e. The molecule has 1 saturated heterocycles. The summed E-state index contributed by atoms with van der Waals surface area (Å²) in [5.74, 6) is -1.94. The highest BCUT2D eigenvalue weighted by Gasteiger charge is 2.28. The van der Waals surface area contributed by atoms with Gasteiger partial charge in [0, 0.05) is 36.6 Å². The molecule has 154 valence electrons. The van der Waals surface area contributed by atoms with Crippen molar-refractivity contribution in [2.45, 2.75) is 33.2 Å². The normalized spacial score (nSPS) is 18.3. The highest BCUT2D eigenvalue weighted by molar-refractivity contribution is 7.93. The SMILES string of the molecule is CC(C)(C)C(N)CS(C)(=O)=NC(=O)c1ccc(F)c(N2CCC(=O)NC2=O)c1. The summed E-state index contributed by atoms with van der Waals surface area (Å²) in [5.41, 5.74) is 5.57. The summed E-state index contributed by atoms with van der Waals surface area (Å²) in [4.78, 5) is 36.7. The molecule has 0 aromatic heterocycles. The maximum atomic E-state index is 14.2. The van der Waals surface area contributed by atoms with Gasteiger partial charge in [0.15, 0.2) is 0 Å². The molecule has 1 heterocycles. The van der Waals surface area contributed by atoms with Gasteiger partial charge in [0.25, 0.3) is 5.91 Å². The van der Waals surface area contributed by atoms with E-state index in [-0.39, 0.29) is 35.4 Å². The van der Waals surface area contributed by atoms with Gasteiger partial charge >= 0.3 is 6.03 Å². The number of halogens is 1. The third-order valence-corrected chi connectivity index (χ3v) is 5.94. The molecule has 0 radical (unpaired) electrons. The van der Waals surface area contributed by atoms with E-state index in [1.165, 1.54) is 12.3 Å². The molecule has 1 aliphatic rings. The lowest BCUT2D eigenvalue weighted by Crippen LogP contribution is -2.49. The number of amides is 4. The monoisotopic (exact) mass is 412 g/mol. The molecule has 1 aromatic rings. The topological polar surface area (TPSA) is 122 Å². The Bertz CT molecular complexity index is 932. The number of rotatable bonds is 4. The first-order valence-corrected chi connectivity index (χ1v) is 10.8. The van der Waals surface area contributed by atoms with Crippen LogP contribution in [0, 0.1) is 11.2 Å². The molecule has 28 heavy (non-hydrogen) atoms. The number of nitrogens with zero attached hydrogens (tertiary/aromatic N) is 2. The zero-order valence-corrected chi connectivity index (χ0v) is 17.1. The maximum absolute atomic E-state index is 14.2. The summed E-state index contributed by atoms with van der Waals surface area (Å²) < 4.78 is 30.7. The number of nitrogens with two attached hydrogens (primary N) is 1. The standard InChI is InChI=1S/C18H25FN4O4S/c1-18(2,3)14(20)10-28(4,27)22-16(25)11-5-6-12(19)13(9-11)23-8-7-15(24)21-17(23)26/h5-6,9,14H,7-8,10,20H2,1-4H3,(H,21,24,26). The van der Waals surface area contributed by atoms with Crippen molar-refractivity contribution in [2.75, 3.05) is 23.5 Å². The van der Waals surface area contributed by atoms with E-state index in [0.29, 0.717) is 0 Å². The van der Waals surface area contributed by atoms with Gasteiger partial charge in [0.1, 0.15) is 5.82 Å². The molecule has 8 nitrogen and oxygen atoms in total. The van der Waals surface area contributed by atoms with Gasteiger partial charge in [-0.25, -0.2) is 13.4 Å². The number of hydrogen-bond acceptors (Lipinski definition) is 5. The zero-order chi connectivity index (χ0) is 21.3. The van der Waals surface area contributed by atoms with Gasteiger partial charge < -0.3 is 5.73 Å². The molecule has 0 bridgehead atoms. The van der Waals surface area contributed by atoms with Gasteiger partial charge in [-0.15, -0.1) is 0 Å². The fourth-order valence-corrected chi connectivity index (χ4v) is 4.19. The Hall–Kier alpha value is -2.33. The lowest BCUT2D eigenvalue weighted by atomic mass is 9.89. The second-order valence-electron chi connectivity index (χ2n) is 7.92. The van der Waals surface area contributed by atoms with E-state index >= 15 is 0 Å². The van der Waals surface area contributed by atoms with Gasteiger partial charge in [0.05, 0.1) is 15.4 Å². The van der Waals surface area contributed by atoms with Crippen LogP contribution in [0.5, 0.6) is 0 Å². The summed E-state index contributed by atoms with van der Waals surface area (Å²) in [6.45, 7) is 5.68. The number of anilines is 1. The zero-order valence-electron chi connectivity index (χ0n) is 16.3. The molecular weight excluding hydrogens is 387 g/mol. The van der Waals surface area contributed by atoms with E-state index in [0.717, 1.165) is 17.0 Å². The van der Waals surface area contributed by atoms with Crippen molar-refractivity contribution in [3.05, 3.63) is 29.6 Å². The molecule has 2 atom stereocenters. The van der Waals surface area contributed by atoms with Crippen molar-refractivity contribution in [3.8, 4) is 0 Å². The number of nitrogens with one attached hydrogen (secondary N) is 1. The first kappa shape index (κ1) is 22.0. The van der Waals surface area contributed by atoms with Gasteiger partial charge in [-0.05, 0) is 23.6 Å². The van der Waals surface area contributed by atoms with Gasteiger partial charge in [-0.2, -0.15) is 4.36 Å². The summed E-state index contributed by atoms with van der Waals surface area (Å²) in [6, 6.07) is 2.19. The van der Waals surface area contributed by atoms with Gasteiger partial charge in [-0.3, -0.25) is 19.8 Å². The van der Waals surface area contributed by atoms with Crippen molar-refractivity contribution >= 4 is 33.3 Å². The number of carbonyl (C=O) groups is 3. The molecule has 1 aromatic carbocycles. The molecule has 0 saturated carbocycles. The molecule has 0 spiro atoms. The minimum Gasteiger partial charge on any atom is -0.326 e. The van der Waals surface area contributed by atoms with Gasteiger partial charge in [-0.1, -0.05) is 20.8 Å². The Balaban J connectivity index is 2.31. The fraction of sp³-hybridized carbons (Fsp3) is 0.500. The Morgan fingerprint density at radius 3 is 2.61 bits per heavy atom. The van der Waals surface area contributed by atoms with Gasteiger partial charge in [0.2, 0.25) is 5.91 Å². The second kappa shape index (κ2) is 7.96.